The average Bonchev–Trinajstić information content (AvgIpc) is 2.82. The maximum atomic E-state index is 12.4. The zero-order chi connectivity index (χ0) is 15.5. The van der Waals surface area contributed by atoms with E-state index in [1.165, 1.54) is 6.07 Å². The lowest BCUT2D eigenvalue weighted by Gasteiger charge is -2.08. The second kappa shape index (κ2) is 6.22. The summed E-state index contributed by atoms with van der Waals surface area (Å²) < 4.78 is 31.2. The van der Waals surface area contributed by atoms with Crippen LogP contribution in [-0.2, 0) is 10.0 Å². The number of rotatable bonds is 3. The quantitative estimate of drug-likeness (QED) is 0.829. The van der Waals surface area contributed by atoms with Crippen molar-refractivity contribution in [1.29, 1.82) is 0 Å². The lowest BCUT2D eigenvalue weighted by atomic mass is 10.1. The molecule has 21 heavy (non-hydrogen) atoms. The van der Waals surface area contributed by atoms with Crippen LogP contribution < -0.4 is 10.5 Å². The summed E-state index contributed by atoms with van der Waals surface area (Å²) in [4.78, 5) is 4.16. The largest absolute Gasteiger partial charge is 0.320 e. The van der Waals surface area contributed by atoms with E-state index in [2.05, 4.69) is 25.9 Å². The number of hydrogen-bond acceptors (Lipinski definition) is 6. The molecule has 0 aliphatic heterocycles. The molecule has 0 bridgehead atoms. The Kier molecular flexibility index (Phi) is 4.57. The lowest BCUT2D eigenvalue weighted by Crippen LogP contribution is -2.14. The van der Waals surface area contributed by atoms with E-state index in [0.717, 1.165) is 11.5 Å². The Bertz CT molecular complexity index is 816. The van der Waals surface area contributed by atoms with Crippen molar-refractivity contribution in [3.8, 4) is 11.8 Å². The number of nitrogens with two attached hydrogens (primary N) is 1. The first kappa shape index (κ1) is 15.4. The van der Waals surface area contributed by atoms with Crippen LogP contribution in [0.25, 0.3) is 0 Å². The predicted octanol–water partition coefficient (Wildman–Crippen LogP) is 1.27. The number of aryl methyl sites for hydroxylation is 2. The highest BCUT2D eigenvalue weighted by Crippen LogP contribution is 2.21. The molecule has 1 aromatic carbocycles. The van der Waals surface area contributed by atoms with Gasteiger partial charge >= 0.3 is 0 Å². The summed E-state index contributed by atoms with van der Waals surface area (Å²) in [5.74, 6) is 6.04. The van der Waals surface area contributed by atoms with E-state index in [1.54, 1.807) is 26.0 Å². The van der Waals surface area contributed by atoms with E-state index in [0.29, 0.717) is 17.0 Å². The van der Waals surface area contributed by atoms with E-state index in [-0.39, 0.29) is 16.6 Å². The van der Waals surface area contributed by atoms with Gasteiger partial charge in [0.05, 0.1) is 11.4 Å². The van der Waals surface area contributed by atoms with E-state index in [4.69, 9.17) is 5.73 Å². The fourth-order valence-corrected chi connectivity index (χ4v) is 3.70. The molecule has 2 rings (SSSR count). The first-order valence-electron chi connectivity index (χ1n) is 6.05. The number of nitrogens with zero attached hydrogens (tertiary/aromatic N) is 2. The molecule has 0 radical (unpaired) electrons. The Hall–Kier alpha value is -1.95. The van der Waals surface area contributed by atoms with Crippen LogP contribution in [-0.4, -0.2) is 24.3 Å². The summed E-state index contributed by atoms with van der Waals surface area (Å²) in [5, 5.41) is 0.241. The van der Waals surface area contributed by atoms with Crippen molar-refractivity contribution in [1.82, 2.24) is 9.36 Å². The standard InChI is InChI=1S/C13H14N4O2S2/c1-9-5-6-11(4-3-7-14)8-12(9)21(18,19)17-13-15-10(2)16-20-13/h5-6,8H,7,14H2,1-2H3,(H,15,16,17). The van der Waals surface area contributed by atoms with Crippen LogP contribution >= 0.6 is 11.5 Å². The number of benzene rings is 1. The first-order valence-corrected chi connectivity index (χ1v) is 8.31. The van der Waals surface area contributed by atoms with E-state index in [9.17, 15) is 8.42 Å². The average molecular weight is 322 g/mol. The summed E-state index contributed by atoms with van der Waals surface area (Å²) in [6.07, 6.45) is 0. The van der Waals surface area contributed by atoms with Crippen molar-refractivity contribution in [2.45, 2.75) is 18.7 Å². The van der Waals surface area contributed by atoms with Gasteiger partial charge in [0.25, 0.3) is 10.0 Å². The van der Waals surface area contributed by atoms with Crippen LogP contribution in [0.3, 0.4) is 0 Å². The molecule has 0 aliphatic rings. The van der Waals surface area contributed by atoms with E-state index in [1.807, 2.05) is 0 Å². The maximum Gasteiger partial charge on any atom is 0.264 e. The van der Waals surface area contributed by atoms with Crippen molar-refractivity contribution >= 4 is 26.7 Å². The number of aromatic nitrogens is 2. The zero-order valence-electron chi connectivity index (χ0n) is 11.5. The molecule has 0 atom stereocenters. The zero-order valence-corrected chi connectivity index (χ0v) is 13.2. The van der Waals surface area contributed by atoms with Crippen molar-refractivity contribution in [2.24, 2.45) is 5.73 Å². The van der Waals surface area contributed by atoms with Crippen molar-refractivity contribution < 1.29 is 8.42 Å². The summed E-state index contributed by atoms with van der Waals surface area (Å²) in [6, 6.07) is 4.99. The molecule has 0 fully saturated rings. The fraction of sp³-hybridized carbons (Fsp3) is 0.231. The third kappa shape index (κ3) is 3.78. The molecular weight excluding hydrogens is 308 g/mol. The monoisotopic (exact) mass is 322 g/mol. The molecule has 0 spiro atoms. The molecule has 0 unspecified atom stereocenters. The topological polar surface area (TPSA) is 98.0 Å². The second-order valence-corrected chi connectivity index (χ2v) is 6.64. The van der Waals surface area contributed by atoms with E-state index >= 15 is 0 Å². The van der Waals surface area contributed by atoms with Crippen molar-refractivity contribution in [3.63, 3.8) is 0 Å². The molecule has 2 aromatic rings. The van der Waals surface area contributed by atoms with Crippen LogP contribution in [0.2, 0.25) is 0 Å². The molecule has 3 N–H and O–H groups in total. The number of nitrogens with one attached hydrogen (secondary N) is 1. The van der Waals surface area contributed by atoms with Gasteiger partial charge in [0.15, 0.2) is 0 Å². The van der Waals surface area contributed by atoms with Gasteiger partial charge in [-0.05, 0) is 31.5 Å². The summed E-state index contributed by atoms with van der Waals surface area (Å²) in [7, 11) is -3.72. The lowest BCUT2D eigenvalue weighted by molar-refractivity contribution is 0.600. The summed E-state index contributed by atoms with van der Waals surface area (Å²) in [6.45, 7) is 3.64. The van der Waals surface area contributed by atoms with Gasteiger partial charge in [-0.2, -0.15) is 4.37 Å². The number of anilines is 1. The van der Waals surface area contributed by atoms with Gasteiger partial charge in [-0.1, -0.05) is 17.9 Å². The predicted molar refractivity (Wildman–Crippen MR) is 82.6 cm³/mol. The molecule has 0 aliphatic carbocycles. The third-order valence-electron chi connectivity index (χ3n) is 2.56. The molecule has 0 saturated heterocycles. The summed E-state index contributed by atoms with van der Waals surface area (Å²) >= 11 is 0.999. The number of hydrogen-bond donors (Lipinski definition) is 2. The van der Waals surface area contributed by atoms with Gasteiger partial charge < -0.3 is 5.73 Å². The van der Waals surface area contributed by atoms with Crippen LogP contribution in [0.15, 0.2) is 23.1 Å². The first-order chi connectivity index (χ1) is 9.92. The maximum absolute atomic E-state index is 12.4. The van der Waals surface area contributed by atoms with Gasteiger partial charge in [-0.15, -0.1) is 0 Å². The highest BCUT2D eigenvalue weighted by Gasteiger charge is 2.19. The molecule has 8 heteroatoms. The van der Waals surface area contributed by atoms with Gasteiger partial charge in [0.2, 0.25) is 5.13 Å². The highest BCUT2D eigenvalue weighted by molar-refractivity contribution is 7.93. The summed E-state index contributed by atoms with van der Waals surface area (Å²) in [5.41, 5.74) is 6.54. The van der Waals surface area contributed by atoms with Gasteiger partial charge in [-0.3, -0.25) is 4.72 Å². The minimum Gasteiger partial charge on any atom is -0.320 e. The Morgan fingerprint density at radius 1 is 1.38 bits per heavy atom. The van der Waals surface area contributed by atoms with Crippen molar-refractivity contribution in [2.75, 3.05) is 11.3 Å². The third-order valence-corrected chi connectivity index (χ3v) is 4.89. The number of sulfonamides is 1. The SMILES string of the molecule is Cc1nsc(NS(=O)(=O)c2cc(C#CCN)ccc2C)n1. The minimum atomic E-state index is -3.72. The Morgan fingerprint density at radius 2 is 2.14 bits per heavy atom. The molecular formula is C13H14N4O2S2. The van der Waals surface area contributed by atoms with E-state index < -0.39 is 10.0 Å². The van der Waals surface area contributed by atoms with Crippen molar-refractivity contribution in [3.05, 3.63) is 35.2 Å². The van der Waals surface area contributed by atoms with Crippen LogP contribution in [0.1, 0.15) is 17.0 Å². The Labute approximate surface area is 127 Å². The fourth-order valence-electron chi connectivity index (χ4n) is 1.63. The van der Waals surface area contributed by atoms with Crippen LogP contribution in [0.4, 0.5) is 5.13 Å². The molecule has 1 heterocycles. The van der Waals surface area contributed by atoms with Crippen LogP contribution in [0.5, 0.6) is 0 Å². The Morgan fingerprint density at radius 3 is 2.76 bits per heavy atom. The molecule has 110 valence electrons. The molecule has 1 aromatic heterocycles. The molecule has 0 saturated carbocycles. The normalized spacial score (nSPS) is 10.8. The van der Waals surface area contributed by atoms with Crippen LogP contribution in [0, 0.1) is 25.7 Å². The second-order valence-electron chi connectivity index (χ2n) is 4.24. The Balaban J connectivity index is 2.39. The van der Waals surface area contributed by atoms with Gasteiger partial charge in [-0.25, -0.2) is 13.4 Å². The molecule has 0 amide bonds. The minimum absolute atomic E-state index is 0.166. The van der Waals surface area contributed by atoms with Gasteiger partial charge in [0, 0.05) is 17.1 Å². The highest BCUT2D eigenvalue weighted by atomic mass is 32.2. The smallest absolute Gasteiger partial charge is 0.264 e. The van der Waals surface area contributed by atoms with Gasteiger partial charge in [0.1, 0.15) is 5.82 Å². The molecule has 6 nitrogen and oxygen atoms in total.